The zero-order chi connectivity index (χ0) is 57.8. The molecule has 0 N–H and O–H groups in total. The van der Waals surface area contributed by atoms with Gasteiger partial charge in [-0.3, -0.25) is 19.9 Å². The smallest absolute Gasteiger partial charge is 0.167 e. The molecule has 0 radical (unpaired) electrons. The van der Waals surface area contributed by atoms with Gasteiger partial charge in [-0.05, 0) is 60.7 Å². The van der Waals surface area contributed by atoms with Gasteiger partial charge in [-0.2, -0.15) is 0 Å². The van der Waals surface area contributed by atoms with Crippen molar-refractivity contribution < 1.29 is 0 Å². The first-order valence-electron chi connectivity index (χ1n) is 29.2. The Morgan fingerprint density at radius 3 is 0.909 bits per heavy atom. The minimum atomic E-state index is 0.412. The molecule has 18 aromatic rings. The van der Waals surface area contributed by atoms with Gasteiger partial charge in [0, 0.05) is 90.1 Å². The van der Waals surface area contributed by atoms with Crippen molar-refractivity contribution in [1.82, 2.24) is 58.1 Å². The summed E-state index contributed by atoms with van der Waals surface area (Å²) < 4.78 is 9.65. The van der Waals surface area contributed by atoms with Gasteiger partial charge in [-0.25, -0.2) is 19.9 Å². The van der Waals surface area contributed by atoms with E-state index in [1.807, 2.05) is 92.0 Å². The molecule has 18 rings (SSSR count). The molecule has 0 amide bonds. The van der Waals surface area contributed by atoms with E-state index in [0.29, 0.717) is 28.7 Å². The van der Waals surface area contributed by atoms with E-state index < -0.39 is 0 Å². The van der Waals surface area contributed by atoms with Gasteiger partial charge in [0.25, 0.3) is 0 Å². The van der Waals surface area contributed by atoms with Crippen LogP contribution in [0.1, 0.15) is 0 Å². The van der Waals surface area contributed by atoms with Crippen molar-refractivity contribution in [2.75, 3.05) is 0 Å². The van der Waals surface area contributed by atoms with Crippen LogP contribution in [0.5, 0.6) is 0 Å². The third-order valence-electron chi connectivity index (χ3n) is 17.2. The number of rotatable bonds is 9. The Labute approximate surface area is 502 Å². The van der Waals surface area contributed by atoms with E-state index >= 15 is 0 Å². The molecule has 12 nitrogen and oxygen atoms in total. The summed E-state index contributed by atoms with van der Waals surface area (Å²) in [5, 5.41) is 8.29. The fourth-order valence-corrected chi connectivity index (χ4v) is 13.5. The highest BCUT2D eigenvalue weighted by atomic mass is 15.2. The van der Waals surface area contributed by atoms with Crippen LogP contribution in [0.4, 0.5) is 0 Å². The normalized spacial score (nSPS) is 11.9. The molecule has 0 saturated heterocycles. The highest BCUT2D eigenvalue weighted by molar-refractivity contribution is 6.18. The number of para-hydroxylation sites is 4. The lowest BCUT2D eigenvalue weighted by Crippen LogP contribution is -2.17. The molecule has 0 aliphatic carbocycles. The van der Waals surface area contributed by atoms with Crippen molar-refractivity contribution in [3.8, 4) is 79.4 Å². The lowest BCUT2D eigenvalue weighted by molar-refractivity contribution is 1.01. The molecule has 10 aromatic heterocycles. The lowest BCUT2D eigenvalue weighted by atomic mass is 9.93. The summed E-state index contributed by atoms with van der Waals surface area (Å²) in [5.74, 6) is 1.41. The second kappa shape index (κ2) is 19.7. The molecular weight excluding hydrogens is 1080 g/mol. The van der Waals surface area contributed by atoms with E-state index in [2.05, 4.69) is 206 Å². The van der Waals surface area contributed by atoms with Crippen molar-refractivity contribution in [3.05, 3.63) is 280 Å². The van der Waals surface area contributed by atoms with Gasteiger partial charge in [0.1, 0.15) is 0 Å². The molecule has 8 aromatic carbocycles. The number of pyridine rings is 5. The Bertz CT molecular complexity index is 5550. The van der Waals surface area contributed by atoms with Crippen molar-refractivity contribution >= 4 is 87.2 Å². The summed E-state index contributed by atoms with van der Waals surface area (Å²) in [4.78, 5) is 43.0. The van der Waals surface area contributed by atoms with Crippen molar-refractivity contribution in [2.45, 2.75) is 0 Å². The molecule has 0 aliphatic rings. The maximum atomic E-state index is 5.92. The number of aromatic nitrogens is 12. The van der Waals surface area contributed by atoms with Gasteiger partial charge >= 0.3 is 0 Å². The predicted octanol–water partition coefficient (Wildman–Crippen LogP) is 17.6. The summed E-state index contributed by atoms with van der Waals surface area (Å²) in [6.45, 7) is 0. The molecule has 0 bridgehead atoms. The SMILES string of the molecule is c1ccc(-c2cccc(-c3c(-c4nc(-c5ccccc5)nc(-c5ccccc5)n4)c(-n4c5ccccc5c5ccncc54)c(-n4c5ccccc5c5ccncc54)c(-n4c5ccccc5c5ccncc54)c3-n3c4ccccc4c4ccncc43)n2)cc1. The second-order valence-corrected chi connectivity index (χ2v) is 21.9. The van der Waals surface area contributed by atoms with Crippen LogP contribution in [0.3, 0.4) is 0 Å². The summed E-state index contributed by atoms with van der Waals surface area (Å²) in [5.41, 5.74) is 16.0. The zero-order valence-electron chi connectivity index (χ0n) is 46.9. The van der Waals surface area contributed by atoms with Crippen LogP contribution in [0.15, 0.2) is 280 Å². The fourth-order valence-electron chi connectivity index (χ4n) is 13.5. The molecule has 0 spiro atoms. The number of benzene rings is 8. The highest BCUT2D eigenvalue weighted by Gasteiger charge is 2.37. The van der Waals surface area contributed by atoms with Gasteiger partial charge < -0.3 is 18.3 Å². The molecule has 12 heteroatoms. The first-order valence-corrected chi connectivity index (χ1v) is 29.2. The van der Waals surface area contributed by atoms with Crippen molar-refractivity contribution in [2.24, 2.45) is 0 Å². The van der Waals surface area contributed by atoms with E-state index in [-0.39, 0.29) is 0 Å². The van der Waals surface area contributed by atoms with Crippen LogP contribution in [0.25, 0.3) is 167 Å². The Kier molecular flexibility index (Phi) is 11.0. The van der Waals surface area contributed by atoms with Gasteiger partial charge in [0.15, 0.2) is 17.5 Å². The predicted molar refractivity (Wildman–Crippen MR) is 353 cm³/mol. The Morgan fingerprint density at radius 1 is 0.205 bits per heavy atom. The largest absolute Gasteiger partial charge is 0.305 e. The average molecular weight is 1130 g/mol. The van der Waals surface area contributed by atoms with E-state index in [0.717, 1.165) is 138 Å². The minimum absolute atomic E-state index is 0.412. The maximum Gasteiger partial charge on any atom is 0.167 e. The molecule has 0 aliphatic heterocycles. The molecular formula is C76H46N12. The van der Waals surface area contributed by atoms with Crippen LogP contribution < -0.4 is 0 Å². The summed E-state index contributed by atoms with van der Waals surface area (Å²) in [6.07, 6.45) is 15.5. The van der Waals surface area contributed by atoms with Crippen LogP contribution >= 0.6 is 0 Å². The minimum Gasteiger partial charge on any atom is -0.305 e. The van der Waals surface area contributed by atoms with Crippen LogP contribution in [-0.4, -0.2) is 58.1 Å². The Hall–Kier alpha value is -12.3. The number of nitrogens with zero attached hydrogens (tertiary/aromatic N) is 12. The summed E-state index contributed by atoms with van der Waals surface area (Å²) in [7, 11) is 0. The van der Waals surface area contributed by atoms with Gasteiger partial charge in [-0.1, -0.05) is 170 Å². The molecule has 0 fully saturated rings. The van der Waals surface area contributed by atoms with E-state index in [1.165, 1.54) is 0 Å². The first kappa shape index (κ1) is 49.2. The Balaban J connectivity index is 1.22. The van der Waals surface area contributed by atoms with Crippen molar-refractivity contribution in [3.63, 3.8) is 0 Å². The monoisotopic (exact) mass is 1130 g/mol. The zero-order valence-corrected chi connectivity index (χ0v) is 46.9. The highest BCUT2D eigenvalue weighted by Crippen LogP contribution is 2.54. The molecule has 0 saturated carbocycles. The second-order valence-electron chi connectivity index (χ2n) is 21.9. The summed E-state index contributed by atoms with van der Waals surface area (Å²) >= 11 is 0. The van der Waals surface area contributed by atoms with E-state index in [1.54, 1.807) is 0 Å². The number of hydrogen-bond donors (Lipinski definition) is 0. The molecule has 10 heterocycles. The Morgan fingerprint density at radius 2 is 0.511 bits per heavy atom. The lowest BCUT2D eigenvalue weighted by Gasteiger charge is -2.30. The molecule has 0 unspecified atom stereocenters. The standard InChI is InChI=1S/C76H46N12/c1-4-19-47(20-5-1)58-29-18-30-59(81-58)68-69(76-83-74(48-21-6-2-7-22-48)82-75(84-76)49-23-8-3-9-24-49)71(86-61-32-15-11-26-51(61)55-36-40-78-44-65(55)86)73(88-63-34-17-13-28-53(63)57-38-42-80-46-67(57)88)72(87-62-33-16-12-27-52(62)56-37-41-79-45-66(56)87)70(68)85-60-31-14-10-25-50(60)54-35-39-77-43-64(54)85/h1-46H. The van der Waals surface area contributed by atoms with Gasteiger partial charge in [0.05, 0.1) is 109 Å². The quantitative estimate of drug-likeness (QED) is 0.140. The van der Waals surface area contributed by atoms with Crippen LogP contribution in [0.2, 0.25) is 0 Å². The third-order valence-corrected chi connectivity index (χ3v) is 17.2. The van der Waals surface area contributed by atoms with Gasteiger partial charge in [-0.15, -0.1) is 0 Å². The van der Waals surface area contributed by atoms with Gasteiger partial charge in [0.2, 0.25) is 0 Å². The third kappa shape index (κ3) is 7.39. The molecule has 88 heavy (non-hydrogen) atoms. The van der Waals surface area contributed by atoms with E-state index in [9.17, 15) is 0 Å². The summed E-state index contributed by atoms with van der Waals surface area (Å²) in [6, 6.07) is 80.2. The molecule has 0 atom stereocenters. The van der Waals surface area contributed by atoms with Crippen molar-refractivity contribution in [1.29, 1.82) is 0 Å². The first-order chi connectivity index (χ1) is 43.7. The van der Waals surface area contributed by atoms with E-state index in [4.69, 9.17) is 39.9 Å². The van der Waals surface area contributed by atoms with Crippen LogP contribution in [0, 0.1) is 0 Å². The maximum absolute atomic E-state index is 5.92. The fraction of sp³-hybridized carbons (Fsp3) is 0. The topological polar surface area (TPSA) is 123 Å². The van der Waals surface area contributed by atoms with Crippen LogP contribution in [-0.2, 0) is 0 Å². The number of hydrogen-bond acceptors (Lipinski definition) is 8. The average Bonchev–Trinajstić information content (AvgIpc) is 1.49. The molecule has 410 valence electrons. The number of fused-ring (bicyclic) bond motifs is 12.